The minimum absolute atomic E-state index is 0.243. The lowest BCUT2D eigenvalue weighted by Gasteiger charge is -2.58. The van der Waals surface area contributed by atoms with E-state index in [1.165, 1.54) is 64.2 Å². The van der Waals surface area contributed by atoms with E-state index in [0.717, 1.165) is 74.2 Å². The molecule has 5 aliphatic rings. The molecule has 1 saturated heterocycles. The fourth-order valence-electron chi connectivity index (χ4n) is 11.3. The standard InChI is InChI=1S/C39H69O8P/c1-27(2)12-11-13-28(3)32-16-17-33-31-15-14-29-24-30(18-20-37(29,4)34(31)19-21-38(32,33)5)44-22-9-7-8-10-23-45-39(6)25-35(40)36(47-39)26-46-48(41,42)43/h14,27-28,30-36,40H,7-13,15-26H2,1-6H3,(H2,41,42,43)/t28?,30-,31?,32?,33?,34?,35-,36+,37-,38+,39-/m0/s1. The van der Waals surface area contributed by atoms with Gasteiger partial charge in [-0.05, 0) is 117 Å². The Morgan fingerprint density at radius 2 is 1.69 bits per heavy atom. The fourth-order valence-corrected chi connectivity index (χ4v) is 11.6. The van der Waals surface area contributed by atoms with E-state index in [4.69, 9.17) is 24.0 Å². The number of hydrogen-bond donors (Lipinski definition) is 3. The van der Waals surface area contributed by atoms with Gasteiger partial charge >= 0.3 is 7.82 Å². The fraction of sp³-hybridized carbons (Fsp3) is 0.949. The van der Waals surface area contributed by atoms with Crippen LogP contribution >= 0.6 is 7.82 Å². The van der Waals surface area contributed by atoms with Crippen LogP contribution in [0.1, 0.15) is 144 Å². The average molecular weight is 697 g/mol. The van der Waals surface area contributed by atoms with Crippen LogP contribution in [0.25, 0.3) is 0 Å². The van der Waals surface area contributed by atoms with Crippen LogP contribution in [0.15, 0.2) is 11.6 Å². The van der Waals surface area contributed by atoms with Crippen LogP contribution in [0, 0.1) is 46.3 Å². The van der Waals surface area contributed by atoms with E-state index < -0.39 is 25.8 Å². The molecule has 1 aliphatic heterocycles. The summed E-state index contributed by atoms with van der Waals surface area (Å²) in [5.74, 6) is 4.28. The summed E-state index contributed by atoms with van der Waals surface area (Å²) in [6.07, 6.45) is 20.5. The van der Waals surface area contributed by atoms with E-state index in [1.54, 1.807) is 12.5 Å². The van der Waals surface area contributed by atoms with E-state index in [-0.39, 0.29) is 13.0 Å². The van der Waals surface area contributed by atoms with Crippen molar-refractivity contribution in [1.82, 2.24) is 0 Å². The number of phosphoric ester groups is 1. The minimum atomic E-state index is -4.61. The van der Waals surface area contributed by atoms with E-state index in [2.05, 4.69) is 45.2 Å². The molecule has 0 aromatic carbocycles. The summed E-state index contributed by atoms with van der Waals surface area (Å²) in [4.78, 5) is 17.8. The zero-order valence-electron chi connectivity index (χ0n) is 31.0. The quantitative estimate of drug-likeness (QED) is 0.0785. The molecule has 5 rings (SSSR count). The Morgan fingerprint density at radius 1 is 0.938 bits per heavy atom. The van der Waals surface area contributed by atoms with Gasteiger partial charge in [0, 0.05) is 13.0 Å². The van der Waals surface area contributed by atoms with Gasteiger partial charge in [-0.15, -0.1) is 0 Å². The van der Waals surface area contributed by atoms with Gasteiger partial charge in [0.15, 0.2) is 5.79 Å². The van der Waals surface area contributed by atoms with Gasteiger partial charge in [-0.25, -0.2) is 4.57 Å². The monoisotopic (exact) mass is 696 g/mol. The van der Waals surface area contributed by atoms with Gasteiger partial charge < -0.3 is 29.1 Å². The predicted molar refractivity (Wildman–Crippen MR) is 189 cm³/mol. The largest absolute Gasteiger partial charge is 0.469 e. The maximum atomic E-state index is 11.0. The van der Waals surface area contributed by atoms with Crippen LogP contribution in [0.5, 0.6) is 0 Å². The average Bonchev–Trinajstić information content (AvgIpc) is 3.51. The second-order valence-electron chi connectivity index (χ2n) is 17.6. The van der Waals surface area contributed by atoms with Crippen LogP contribution in [0.3, 0.4) is 0 Å². The van der Waals surface area contributed by atoms with Crippen LogP contribution in [-0.4, -0.2) is 58.8 Å². The van der Waals surface area contributed by atoms with E-state index in [1.807, 2.05) is 0 Å². The highest BCUT2D eigenvalue weighted by atomic mass is 31.2. The number of allylic oxidation sites excluding steroid dienone is 1. The lowest BCUT2D eigenvalue weighted by molar-refractivity contribution is -0.219. The summed E-state index contributed by atoms with van der Waals surface area (Å²) in [6, 6.07) is 0. The Kier molecular flexibility index (Phi) is 13.1. The van der Waals surface area contributed by atoms with Gasteiger partial charge in [0.05, 0.1) is 25.4 Å². The van der Waals surface area contributed by atoms with Gasteiger partial charge in [0.1, 0.15) is 6.10 Å². The van der Waals surface area contributed by atoms with Crippen molar-refractivity contribution in [3.05, 3.63) is 11.6 Å². The molecule has 3 saturated carbocycles. The van der Waals surface area contributed by atoms with Crippen molar-refractivity contribution >= 4 is 7.82 Å². The summed E-state index contributed by atoms with van der Waals surface area (Å²) < 4.78 is 33.6. The first-order valence-corrected chi connectivity index (χ1v) is 21.2. The summed E-state index contributed by atoms with van der Waals surface area (Å²) in [5, 5.41) is 10.2. The topological polar surface area (TPSA) is 115 Å². The molecule has 0 bridgehead atoms. The molecule has 1 heterocycles. The van der Waals surface area contributed by atoms with Crippen molar-refractivity contribution in [2.24, 2.45) is 46.3 Å². The Bertz CT molecular complexity index is 1120. The number of aliphatic hydroxyl groups is 1. The smallest absolute Gasteiger partial charge is 0.390 e. The van der Waals surface area contributed by atoms with Crippen LogP contribution in [-0.2, 0) is 23.3 Å². The van der Waals surface area contributed by atoms with Gasteiger partial charge in [0.2, 0.25) is 0 Å². The molecule has 3 N–H and O–H groups in total. The third-order valence-corrected chi connectivity index (χ3v) is 14.4. The molecule has 8 nitrogen and oxygen atoms in total. The van der Waals surface area contributed by atoms with Crippen molar-refractivity contribution in [2.75, 3.05) is 19.8 Å². The molecule has 0 radical (unpaired) electrons. The first kappa shape index (κ1) is 38.9. The van der Waals surface area contributed by atoms with E-state index >= 15 is 0 Å². The van der Waals surface area contributed by atoms with Crippen LogP contribution in [0.4, 0.5) is 0 Å². The first-order valence-electron chi connectivity index (χ1n) is 19.6. The Labute approximate surface area is 291 Å². The van der Waals surface area contributed by atoms with Gasteiger partial charge in [0.25, 0.3) is 0 Å². The van der Waals surface area contributed by atoms with Crippen molar-refractivity contribution < 1.29 is 38.2 Å². The van der Waals surface area contributed by atoms with E-state index in [9.17, 15) is 9.67 Å². The second kappa shape index (κ2) is 16.1. The van der Waals surface area contributed by atoms with Crippen molar-refractivity contribution in [2.45, 2.75) is 168 Å². The van der Waals surface area contributed by atoms with Crippen LogP contribution in [0.2, 0.25) is 0 Å². The lowest BCUT2D eigenvalue weighted by atomic mass is 9.47. The highest BCUT2D eigenvalue weighted by Gasteiger charge is 2.59. The number of hydrogen-bond acceptors (Lipinski definition) is 6. The maximum absolute atomic E-state index is 11.0. The molecular formula is C39H69O8P. The second-order valence-corrected chi connectivity index (χ2v) is 18.9. The number of aliphatic hydroxyl groups excluding tert-OH is 1. The maximum Gasteiger partial charge on any atom is 0.469 e. The van der Waals surface area contributed by atoms with Gasteiger partial charge in [-0.1, -0.05) is 78.4 Å². The summed E-state index contributed by atoms with van der Waals surface area (Å²) in [7, 11) is -4.61. The van der Waals surface area contributed by atoms with Gasteiger partial charge in [-0.2, -0.15) is 0 Å². The van der Waals surface area contributed by atoms with Crippen molar-refractivity contribution in [3.63, 3.8) is 0 Å². The third kappa shape index (κ3) is 9.18. The normalized spacial score (nSPS) is 40.4. The number of fused-ring (bicyclic) bond motifs is 5. The molecule has 0 aromatic heterocycles. The molecule has 0 spiro atoms. The number of unbranched alkanes of at least 4 members (excludes halogenated alkanes) is 3. The summed E-state index contributed by atoms with van der Waals surface area (Å²) >= 11 is 0. The summed E-state index contributed by atoms with van der Waals surface area (Å²) in [6.45, 7) is 15.3. The van der Waals surface area contributed by atoms with Crippen molar-refractivity contribution in [1.29, 1.82) is 0 Å². The minimum Gasteiger partial charge on any atom is -0.390 e. The lowest BCUT2D eigenvalue weighted by Crippen LogP contribution is -2.51. The van der Waals surface area contributed by atoms with Crippen molar-refractivity contribution in [3.8, 4) is 0 Å². The zero-order valence-corrected chi connectivity index (χ0v) is 31.9. The molecule has 48 heavy (non-hydrogen) atoms. The molecule has 278 valence electrons. The molecular weight excluding hydrogens is 627 g/mol. The molecule has 11 atom stereocenters. The number of rotatable bonds is 17. The molecule has 4 fully saturated rings. The first-order chi connectivity index (χ1) is 22.6. The van der Waals surface area contributed by atoms with Gasteiger partial charge in [-0.3, -0.25) is 4.52 Å². The highest BCUT2D eigenvalue weighted by Crippen LogP contribution is 2.67. The third-order valence-electron chi connectivity index (χ3n) is 13.9. The van der Waals surface area contributed by atoms with E-state index in [0.29, 0.717) is 23.5 Å². The number of phosphoric acid groups is 1. The molecule has 4 aliphatic carbocycles. The predicted octanol–water partition coefficient (Wildman–Crippen LogP) is 8.97. The molecule has 5 unspecified atom stereocenters. The molecule has 9 heteroatoms. The zero-order chi connectivity index (χ0) is 34.7. The summed E-state index contributed by atoms with van der Waals surface area (Å²) in [5.41, 5.74) is 2.62. The SMILES string of the molecule is CC(C)CCCC(C)C1CCC2C3CC=C4C[C@@H](OCCCCCCO[C@]5(C)C[C@H](O)[C@@H](COP(=O)(O)O)O5)CC[C@]4(C)C3CC[C@]12C. The highest BCUT2D eigenvalue weighted by molar-refractivity contribution is 7.46. The van der Waals surface area contributed by atoms with Crippen LogP contribution < -0.4 is 0 Å². The number of ether oxygens (including phenoxy) is 3. The Balaban J connectivity index is 0.996. The molecule has 0 aromatic rings. The Hall–Kier alpha value is -0.310. The molecule has 0 amide bonds. The Morgan fingerprint density at radius 3 is 2.42 bits per heavy atom.